The second kappa shape index (κ2) is 14.2. The number of carbonyl (C=O) groups is 3. The zero-order chi connectivity index (χ0) is 33.2. The molecule has 0 spiro atoms. The van der Waals surface area contributed by atoms with Crippen molar-refractivity contribution in [3.8, 4) is 0 Å². The molecule has 0 radical (unpaired) electrons. The lowest BCUT2D eigenvalue weighted by Gasteiger charge is -2.37. The molecular weight excluding hydrogens is 558 g/mol. The Hall–Kier alpha value is -2.37. The number of nitrogens with one attached hydrogen (secondary N) is 3. The van der Waals surface area contributed by atoms with Crippen molar-refractivity contribution < 1.29 is 14.4 Å². The lowest BCUT2D eigenvalue weighted by atomic mass is 9.69. The van der Waals surface area contributed by atoms with Crippen molar-refractivity contribution in [3.05, 3.63) is 23.8 Å². The molecule has 4 rings (SSSR count). The van der Waals surface area contributed by atoms with Crippen LogP contribution in [0.3, 0.4) is 0 Å². The summed E-state index contributed by atoms with van der Waals surface area (Å²) in [5.41, 5.74) is 2.44. The van der Waals surface area contributed by atoms with E-state index in [1.807, 2.05) is 6.07 Å². The molecule has 1 aromatic carbocycles. The highest BCUT2D eigenvalue weighted by molar-refractivity contribution is 6.01. The van der Waals surface area contributed by atoms with E-state index < -0.39 is 0 Å². The summed E-state index contributed by atoms with van der Waals surface area (Å²) in [7, 11) is 0. The van der Waals surface area contributed by atoms with Gasteiger partial charge in [0.2, 0.25) is 11.8 Å². The average Bonchev–Trinajstić information content (AvgIpc) is 2.96. The molecule has 0 atom stereocenters. The van der Waals surface area contributed by atoms with Gasteiger partial charge in [-0.25, -0.2) is 0 Å². The maximum atomic E-state index is 13.6. The summed E-state index contributed by atoms with van der Waals surface area (Å²) in [5, 5.41) is 9.53. The van der Waals surface area contributed by atoms with Crippen LogP contribution in [0.15, 0.2) is 18.2 Å². The Morgan fingerprint density at radius 3 is 1.18 bits per heavy atom. The number of rotatable bonds is 6. The van der Waals surface area contributed by atoms with Gasteiger partial charge in [0.25, 0.3) is 5.91 Å². The molecule has 0 saturated heterocycles. The molecule has 0 heterocycles. The van der Waals surface area contributed by atoms with Crippen LogP contribution in [0.4, 0.5) is 11.4 Å². The summed E-state index contributed by atoms with van der Waals surface area (Å²) < 4.78 is 0. The average molecular weight is 622 g/mol. The maximum absolute atomic E-state index is 13.6. The smallest absolute Gasteiger partial charge is 0.251 e. The summed E-state index contributed by atoms with van der Waals surface area (Å²) in [5.74, 6) is 1.75. The van der Waals surface area contributed by atoms with Gasteiger partial charge in [0, 0.05) is 34.8 Å². The standard InChI is InChI=1S/C39H63N3O3/c1-37(2,3)28-14-10-25(11-15-28)34(43)41-32-22-27(36(45)40-31-20-18-30(19-21-31)39(7,8)9)23-33(24-32)42-35(44)26-12-16-29(17-13-26)38(4,5)6/h22-26,28-31H,10-21H2,1-9H3,(H,40,45)(H,41,43)(H,42,44)/t25-,26-,28+,29+,30?,31?. The van der Waals surface area contributed by atoms with Crippen molar-refractivity contribution in [2.45, 2.75) is 145 Å². The van der Waals surface area contributed by atoms with Crippen molar-refractivity contribution in [1.29, 1.82) is 0 Å². The number of amides is 3. The quantitative estimate of drug-likeness (QED) is 0.296. The molecule has 252 valence electrons. The highest BCUT2D eigenvalue weighted by Crippen LogP contribution is 2.42. The van der Waals surface area contributed by atoms with E-state index in [0.717, 1.165) is 77.0 Å². The third kappa shape index (κ3) is 9.81. The van der Waals surface area contributed by atoms with Gasteiger partial charge in [-0.05, 0) is 129 Å². The molecule has 3 N–H and O–H groups in total. The summed E-state index contributed by atoms with van der Waals surface area (Å²) in [6.07, 6.45) is 11.9. The van der Waals surface area contributed by atoms with Crippen LogP contribution >= 0.6 is 0 Å². The Bertz CT molecular complexity index is 1110. The number of benzene rings is 1. The number of anilines is 2. The first-order valence-corrected chi connectivity index (χ1v) is 18.0. The molecule has 0 aromatic heterocycles. The number of hydrogen-bond donors (Lipinski definition) is 3. The summed E-state index contributed by atoms with van der Waals surface area (Å²) in [6, 6.07) is 5.52. The third-order valence-corrected chi connectivity index (χ3v) is 11.7. The summed E-state index contributed by atoms with van der Waals surface area (Å²) >= 11 is 0. The van der Waals surface area contributed by atoms with Gasteiger partial charge >= 0.3 is 0 Å². The van der Waals surface area contributed by atoms with Crippen LogP contribution in [0.2, 0.25) is 0 Å². The number of carbonyl (C=O) groups excluding carboxylic acids is 3. The van der Waals surface area contributed by atoms with Crippen molar-refractivity contribution in [1.82, 2.24) is 5.32 Å². The fraction of sp³-hybridized carbons (Fsp3) is 0.769. The van der Waals surface area contributed by atoms with Crippen molar-refractivity contribution in [3.63, 3.8) is 0 Å². The molecule has 6 nitrogen and oxygen atoms in total. The fourth-order valence-electron chi connectivity index (χ4n) is 8.21. The second-order valence-corrected chi connectivity index (χ2v) is 18.0. The minimum atomic E-state index is -0.142. The van der Waals surface area contributed by atoms with Crippen LogP contribution in [-0.2, 0) is 9.59 Å². The van der Waals surface area contributed by atoms with Gasteiger partial charge in [-0.1, -0.05) is 62.3 Å². The minimum absolute atomic E-state index is 0.0122. The normalized spacial score (nSPS) is 28.2. The van der Waals surface area contributed by atoms with E-state index in [0.29, 0.717) is 34.7 Å². The van der Waals surface area contributed by atoms with E-state index in [1.54, 1.807) is 12.1 Å². The fourth-order valence-corrected chi connectivity index (χ4v) is 8.21. The Morgan fingerprint density at radius 2 is 0.844 bits per heavy atom. The Kier molecular flexibility index (Phi) is 11.2. The van der Waals surface area contributed by atoms with E-state index >= 15 is 0 Å². The zero-order valence-corrected chi connectivity index (χ0v) is 29.9. The lowest BCUT2D eigenvalue weighted by Crippen LogP contribution is -2.39. The van der Waals surface area contributed by atoms with Gasteiger partial charge in [0.05, 0.1) is 0 Å². The first-order chi connectivity index (χ1) is 20.9. The molecule has 3 aliphatic carbocycles. The molecule has 1 aromatic rings. The Morgan fingerprint density at radius 1 is 0.511 bits per heavy atom. The highest BCUT2D eigenvalue weighted by atomic mass is 16.2. The highest BCUT2D eigenvalue weighted by Gasteiger charge is 2.34. The summed E-state index contributed by atoms with van der Waals surface area (Å²) in [4.78, 5) is 40.4. The molecular formula is C39H63N3O3. The molecule has 3 fully saturated rings. The third-order valence-electron chi connectivity index (χ3n) is 11.7. The molecule has 6 heteroatoms. The lowest BCUT2D eigenvalue weighted by molar-refractivity contribution is -0.122. The first kappa shape index (κ1) is 35.5. The predicted octanol–water partition coefficient (Wildman–Crippen LogP) is 9.60. The Labute approximate surface area is 274 Å². The molecule has 3 saturated carbocycles. The van der Waals surface area contributed by atoms with Crippen molar-refractivity contribution in [2.75, 3.05) is 10.6 Å². The largest absolute Gasteiger partial charge is 0.349 e. The first-order valence-electron chi connectivity index (χ1n) is 18.0. The zero-order valence-electron chi connectivity index (χ0n) is 29.9. The predicted molar refractivity (Wildman–Crippen MR) is 186 cm³/mol. The number of hydrogen-bond acceptors (Lipinski definition) is 3. The molecule has 0 aliphatic heterocycles. The van der Waals surface area contributed by atoms with Gasteiger partial charge in [-0.15, -0.1) is 0 Å². The van der Waals surface area contributed by atoms with Gasteiger partial charge in [0.1, 0.15) is 0 Å². The van der Waals surface area contributed by atoms with Gasteiger partial charge in [-0.3, -0.25) is 14.4 Å². The van der Waals surface area contributed by atoms with E-state index in [-0.39, 0.29) is 51.8 Å². The van der Waals surface area contributed by atoms with Crippen LogP contribution in [0.5, 0.6) is 0 Å². The monoisotopic (exact) mass is 621 g/mol. The van der Waals surface area contributed by atoms with Crippen molar-refractivity contribution >= 4 is 29.1 Å². The molecule has 3 amide bonds. The SMILES string of the molecule is CC(C)(C)C1CCC(NC(=O)c2cc(NC(=O)[C@H]3CC[C@@H](C(C)(C)C)CC3)cc(NC(=O)[C@H]3CC[C@@H](C(C)(C)C)CC3)c2)CC1. The van der Waals surface area contributed by atoms with Crippen LogP contribution in [0, 0.1) is 45.8 Å². The van der Waals surface area contributed by atoms with E-state index in [2.05, 4.69) is 78.3 Å². The van der Waals surface area contributed by atoms with Gasteiger partial charge in [0.15, 0.2) is 0 Å². The molecule has 45 heavy (non-hydrogen) atoms. The summed E-state index contributed by atoms with van der Waals surface area (Å²) in [6.45, 7) is 20.6. The van der Waals surface area contributed by atoms with E-state index in [1.165, 1.54) is 0 Å². The van der Waals surface area contributed by atoms with Crippen LogP contribution in [0.1, 0.15) is 150 Å². The van der Waals surface area contributed by atoms with Crippen LogP contribution in [-0.4, -0.2) is 23.8 Å². The maximum Gasteiger partial charge on any atom is 0.251 e. The Balaban J connectivity index is 1.46. The minimum Gasteiger partial charge on any atom is -0.349 e. The van der Waals surface area contributed by atoms with Gasteiger partial charge < -0.3 is 16.0 Å². The molecule has 0 unspecified atom stereocenters. The topological polar surface area (TPSA) is 87.3 Å². The van der Waals surface area contributed by atoms with E-state index in [4.69, 9.17) is 0 Å². The molecule has 3 aliphatic rings. The molecule has 0 bridgehead atoms. The van der Waals surface area contributed by atoms with Gasteiger partial charge in [-0.2, -0.15) is 0 Å². The van der Waals surface area contributed by atoms with Crippen molar-refractivity contribution in [2.24, 2.45) is 45.8 Å². The van der Waals surface area contributed by atoms with E-state index in [9.17, 15) is 14.4 Å². The second-order valence-electron chi connectivity index (χ2n) is 18.0. The van der Waals surface area contributed by atoms with Crippen LogP contribution < -0.4 is 16.0 Å². The van der Waals surface area contributed by atoms with Crippen LogP contribution in [0.25, 0.3) is 0 Å².